The van der Waals surface area contributed by atoms with Gasteiger partial charge in [0.05, 0.1) is 6.07 Å². The van der Waals surface area contributed by atoms with Gasteiger partial charge in [0.25, 0.3) is 0 Å². The van der Waals surface area contributed by atoms with Crippen LogP contribution in [0.25, 0.3) is 0 Å². The first kappa shape index (κ1) is 14.5. The molecule has 0 aromatic carbocycles. The van der Waals surface area contributed by atoms with E-state index >= 15 is 0 Å². The van der Waals surface area contributed by atoms with E-state index in [1.54, 1.807) is 0 Å². The smallest absolute Gasteiger partial charge is 0.116 e. The molecule has 0 aromatic rings. The summed E-state index contributed by atoms with van der Waals surface area (Å²) in [5.41, 5.74) is -0.436. The van der Waals surface area contributed by atoms with Crippen LogP contribution in [0, 0.1) is 11.3 Å². The highest BCUT2D eigenvalue weighted by atomic mass is 15.2. The number of likely N-dealkylation sites (tertiary alicyclic amines) is 1. The van der Waals surface area contributed by atoms with E-state index in [0.717, 1.165) is 6.54 Å². The molecule has 1 rings (SSSR count). The molecule has 3 unspecified atom stereocenters. The molecule has 3 heteroatoms. The van der Waals surface area contributed by atoms with Gasteiger partial charge in [-0.2, -0.15) is 5.26 Å². The molecule has 0 aromatic heterocycles. The fraction of sp³-hybridized carbons (Fsp3) is 0.929. The SMILES string of the molecule is CC(C)NC(C)(C#N)CN1C(C)CCCC1C. The van der Waals surface area contributed by atoms with Gasteiger partial charge in [-0.25, -0.2) is 0 Å². The summed E-state index contributed by atoms with van der Waals surface area (Å²) >= 11 is 0. The minimum Gasteiger partial charge on any atom is -0.296 e. The minimum atomic E-state index is -0.436. The molecule has 1 saturated heterocycles. The molecule has 1 fully saturated rings. The van der Waals surface area contributed by atoms with Crippen LogP contribution >= 0.6 is 0 Å². The highest BCUT2D eigenvalue weighted by Crippen LogP contribution is 2.24. The van der Waals surface area contributed by atoms with Gasteiger partial charge < -0.3 is 0 Å². The number of nitriles is 1. The first-order valence-electron chi connectivity index (χ1n) is 6.82. The van der Waals surface area contributed by atoms with Crippen LogP contribution in [-0.2, 0) is 0 Å². The van der Waals surface area contributed by atoms with Gasteiger partial charge in [-0.15, -0.1) is 0 Å². The van der Waals surface area contributed by atoms with E-state index in [1.807, 2.05) is 6.92 Å². The first-order chi connectivity index (χ1) is 7.88. The summed E-state index contributed by atoms with van der Waals surface area (Å²) in [5.74, 6) is 0. The summed E-state index contributed by atoms with van der Waals surface area (Å²) < 4.78 is 0. The summed E-state index contributed by atoms with van der Waals surface area (Å²) in [6, 6.07) is 3.98. The number of nitrogens with one attached hydrogen (secondary N) is 1. The lowest BCUT2D eigenvalue weighted by molar-refractivity contribution is 0.0797. The topological polar surface area (TPSA) is 39.1 Å². The van der Waals surface area contributed by atoms with Gasteiger partial charge >= 0.3 is 0 Å². The van der Waals surface area contributed by atoms with Crippen molar-refractivity contribution in [2.45, 2.75) is 77.5 Å². The second-order valence-electron chi connectivity index (χ2n) is 6.04. The molecule has 1 aliphatic heterocycles. The molecule has 1 heterocycles. The predicted octanol–water partition coefficient (Wildman–Crippen LogP) is 2.53. The van der Waals surface area contributed by atoms with E-state index in [9.17, 15) is 5.26 Å². The standard InChI is InChI=1S/C14H27N3/c1-11(2)16-14(5,9-15)10-17-12(3)7-6-8-13(17)4/h11-13,16H,6-8,10H2,1-5H3. The van der Waals surface area contributed by atoms with Gasteiger partial charge in [0.2, 0.25) is 0 Å². The molecule has 1 aliphatic rings. The molecular formula is C14H27N3. The minimum absolute atomic E-state index is 0.343. The van der Waals surface area contributed by atoms with Crippen LogP contribution in [-0.4, -0.2) is 35.1 Å². The second-order valence-corrected chi connectivity index (χ2v) is 6.04. The van der Waals surface area contributed by atoms with Crippen molar-refractivity contribution in [2.24, 2.45) is 0 Å². The third kappa shape index (κ3) is 3.97. The maximum Gasteiger partial charge on any atom is 0.116 e. The van der Waals surface area contributed by atoms with Gasteiger partial charge in [0.15, 0.2) is 0 Å². The van der Waals surface area contributed by atoms with E-state index in [0.29, 0.717) is 18.1 Å². The van der Waals surface area contributed by atoms with Crippen LogP contribution in [0.1, 0.15) is 53.9 Å². The Labute approximate surface area is 106 Å². The fourth-order valence-corrected chi connectivity index (χ4v) is 2.90. The normalized spacial score (nSPS) is 29.9. The van der Waals surface area contributed by atoms with E-state index in [1.165, 1.54) is 19.3 Å². The molecule has 17 heavy (non-hydrogen) atoms. The Morgan fingerprint density at radius 1 is 1.35 bits per heavy atom. The largest absolute Gasteiger partial charge is 0.296 e. The Kier molecular flexibility index (Phi) is 4.97. The summed E-state index contributed by atoms with van der Waals surface area (Å²) in [7, 11) is 0. The van der Waals surface area contributed by atoms with Crippen LogP contribution in [0.3, 0.4) is 0 Å². The van der Waals surface area contributed by atoms with Gasteiger partial charge in [-0.1, -0.05) is 6.42 Å². The molecule has 0 bridgehead atoms. The molecule has 3 nitrogen and oxygen atoms in total. The summed E-state index contributed by atoms with van der Waals surface area (Å²) in [4.78, 5) is 2.49. The van der Waals surface area contributed by atoms with E-state index in [-0.39, 0.29) is 0 Å². The number of piperidine rings is 1. The fourth-order valence-electron chi connectivity index (χ4n) is 2.90. The van der Waals surface area contributed by atoms with Gasteiger partial charge in [-0.3, -0.25) is 10.2 Å². The van der Waals surface area contributed by atoms with Crippen molar-refractivity contribution < 1.29 is 0 Å². The first-order valence-corrected chi connectivity index (χ1v) is 6.82. The molecule has 3 atom stereocenters. The van der Waals surface area contributed by atoms with Crippen LogP contribution in [0.2, 0.25) is 0 Å². The molecular weight excluding hydrogens is 210 g/mol. The van der Waals surface area contributed by atoms with Crippen LogP contribution < -0.4 is 5.32 Å². The molecule has 0 spiro atoms. The maximum atomic E-state index is 9.40. The number of rotatable bonds is 4. The Bertz CT molecular complexity index is 272. The number of hydrogen-bond donors (Lipinski definition) is 1. The zero-order valence-electron chi connectivity index (χ0n) is 12.0. The number of nitrogens with zero attached hydrogens (tertiary/aromatic N) is 2. The van der Waals surface area contributed by atoms with Gasteiger partial charge in [0, 0.05) is 24.7 Å². The van der Waals surface area contributed by atoms with Crippen molar-refractivity contribution in [3.63, 3.8) is 0 Å². The average Bonchev–Trinajstić information content (AvgIpc) is 2.23. The average molecular weight is 237 g/mol. The molecule has 0 radical (unpaired) electrons. The van der Waals surface area contributed by atoms with Crippen molar-refractivity contribution in [1.82, 2.24) is 10.2 Å². The summed E-state index contributed by atoms with van der Waals surface area (Å²) in [6.45, 7) is 11.6. The van der Waals surface area contributed by atoms with Crippen molar-refractivity contribution >= 4 is 0 Å². The lowest BCUT2D eigenvalue weighted by Gasteiger charge is -2.43. The Hall–Kier alpha value is -0.590. The van der Waals surface area contributed by atoms with Gasteiger partial charge in [0.1, 0.15) is 5.54 Å². The van der Waals surface area contributed by atoms with Crippen molar-refractivity contribution in [1.29, 1.82) is 5.26 Å². The Balaban J connectivity index is 2.69. The zero-order chi connectivity index (χ0) is 13.1. The molecule has 0 amide bonds. The highest BCUT2D eigenvalue weighted by molar-refractivity contribution is 5.07. The number of hydrogen-bond acceptors (Lipinski definition) is 3. The molecule has 0 aliphatic carbocycles. The van der Waals surface area contributed by atoms with E-state index in [2.05, 4.69) is 44.0 Å². The van der Waals surface area contributed by atoms with E-state index < -0.39 is 5.54 Å². The highest BCUT2D eigenvalue weighted by Gasteiger charge is 2.33. The van der Waals surface area contributed by atoms with Crippen LogP contribution in [0.4, 0.5) is 0 Å². The zero-order valence-corrected chi connectivity index (χ0v) is 12.0. The lowest BCUT2D eigenvalue weighted by Crippen LogP contribution is -2.57. The van der Waals surface area contributed by atoms with Crippen molar-refractivity contribution in [2.75, 3.05) is 6.54 Å². The van der Waals surface area contributed by atoms with Crippen LogP contribution in [0.15, 0.2) is 0 Å². The predicted molar refractivity (Wildman–Crippen MR) is 71.8 cm³/mol. The Morgan fingerprint density at radius 3 is 2.29 bits per heavy atom. The molecule has 0 saturated carbocycles. The van der Waals surface area contributed by atoms with E-state index in [4.69, 9.17) is 0 Å². The maximum absolute atomic E-state index is 9.40. The van der Waals surface area contributed by atoms with Crippen molar-refractivity contribution in [3.8, 4) is 6.07 Å². The molecule has 1 N–H and O–H groups in total. The van der Waals surface area contributed by atoms with Crippen LogP contribution in [0.5, 0.6) is 0 Å². The lowest BCUT2D eigenvalue weighted by atomic mass is 9.93. The summed E-state index contributed by atoms with van der Waals surface area (Å²) in [5, 5.41) is 12.8. The summed E-state index contributed by atoms with van der Waals surface area (Å²) in [6.07, 6.45) is 3.83. The molecule has 98 valence electrons. The second kappa shape index (κ2) is 5.84. The Morgan fingerprint density at radius 2 is 1.88 bits per heavy atom. The monoisotopic (exact) mass is 237 g/mol. The third-order valence-electron chi connectivity index (χ3n) is 3.73. The third-order valence-corrected chi connectivity index (χ3v) is 3.73. The quantitative estimate of drug-likeness (QED) is 0.816. The van der Waals surface area contributed by atoms with Crippen molar-refractivity contribution in [3.05, 3.63) is 0 Å². The van der Waals surface area contributed by atoms with Gasteiger partial charge in [-0.05, 0) is 47.5 Å².